The largest absolute Gasteiger partial charge is 0.496 e. The molecule has 0 aliphatic carbocycles. The van der Waals surface area contributed by atoms with Gasteiger partial charge in [-0.2, -0.15) is 0 Å². The summed E-state index contributed by atoms with van der Waals surface area (Å²) in [6.45, 7) is 2.06. The Morgan fingerprint density at radius 1 is 0.848 bits per heavy atom. The fourth-order valence-corrected chi connectivity index (χ4v) is 4.22. The molecule has 0 saturated heterocycles. The van der Waals surface area contributed by atoms with Crippen LogP contribution in [-0.2, 0) is 5.75 Å². The lowest BCUT2D eigenvalue weighted by Gasteiger charge is -2.12. The Balaban J connectivity index is 1.48. The Bertz CT molecular complexity index is 1360. The number of hydrogen-bond acceptors (Lipinski definition) is 7. The average Bonchev–Trinajstić information content (AvgIpc) is 3.51. The molecule has 0 amide bonds. The fourth-order valence-electron chi connectivity index (χ4n) is 3.43. The van der Waals surface area contributed by atoms with Crippen molar-refractivity contribution in [2.24, 2.45) is 0 Å². The molecule has 164 valence electrons. The molecule has 5 aromatic rings. The highest BCUT2D eigenvalue weighted by Crippen LogP contribution is 2.34. The van der Waals surface area contributed by atoms with E-state index >= 15 is 0 Å². The molecule has 0 atom stereocenters. The van der Waals surface area contributed by atoms with Crippen LogP contribution in [-0.4, -0.2) is 32.1 Å². The summed E-state index contributed by atoms with van der Waals surface area (Å²) in [5.41, 5.74) is 3.90. The van der Waals surface area contributed by atoms with Gasteiger partial charge in [0.1, 0.15) is 5.75 Å². The first-order valence-corrected chi connectivity index (χ1v) is 11.4. The van der Waals surface area contributed by atoms with Gasteiger partial charge in [-0.3, -0.25) is 4.57 Å². The number of aryl methyl sites for hydroxylation is 1. The van der Waals surface area contributed by atoms with Crippen molar-refractivity contribution in [3.63, 3.8) is 0 Å². The first-order valence-electron chi connectivity index (χ1n) is 10.4. The Morgan fingerprint density at radius 2 is 1.61 bits per heavy atom. The second-order valence-corrected chi connectivity index (χ2v) is 8.28. The lowest BCUT2D eigenvalue weighted by atomic mass is 10.1. The van der Waals surface area contributed by atoms with E-state index in [2.05, 4.69) is 51.6 Å². The van der Waals surface area contributed by atoms with Crippen LogP contribution >= 0.6 is 11.8 Å². The number of para-hydroxylation sites is 1. The highest BCUT2D eigenvalue weighted by atomic mass is 32.2. The lowest BCUT2D eigenvalue weighted by molar-refractivity contribution is 0.416. The van der Waals surface area contributed by atoms with E-state index < -0.39 is 0 Å². The van der Waals surface area contributed by atoms with Gasteiger partial charge in [0.15, 0.2) is 11.0 Å². The predicted octanol–water partition coefficient (Wildman–Crippen LogP) is 5.59. The third kappa shape index (κ3) is 4.38. The minimum absolute atomic E-state index is 0.468. The van der Waals surface area contributed by atoms with Crippen molar-refractivity contribution in [1.29, 1.82) is 0 Å². The number of methoxy groups -OCH3 is 1. The summed E-state index contributed by atoms with van der Waals surface area (Å²) in [6.07, 6.45) is 0. The summed E-state index contributed by atoms with van der Waals surface area (Å²) in [4.78, 5) is 0. The van der Waals surface area contributed by atoms with Crippen LogP contribution in [0.3, 0.4) is 0 Å². The van der Waals surface area contributed by atoms with E-state index in [1.165, 1.54) is 17.3 Å². The van der Waals surface area contributed by atoms with Crippen LogP contribution < -0.4 is 4.74 Å². The van der Waals surface area contributed by atoms with Crippen molar-refractivity contribution in [1.82, 2.24) is 25.0 Å². The molecule has 0 bridgehead atoms. The van der Waals surface area contributed by atoms with Gasteiger partial charge in [-0.25, -0.2) is 0 Å². The van der Waals surface area contributed by atoms with Gasteiger partial charge in [-0.15, -0.1) is 20.4 Å². The molecule has 8 heteroatoms. The zero-order chi connectivity index (χ0) is 22.6. The molecule has 0 unspecified atom stereocenters. The molecular weight excluding hydrogens is 434 g/mol. The maximum absolute atomic E-state index is 5.86. The third-order valence-corrected chi connectivity index (χ3v) is 6.00. The van der Waals surface area contributed by atoms with Crippen LogP contribution in [0.15, 0.2) is 88.4 Å². The molecular formula is C25H21N5O2S. The monoisotopic (exact) mass is 455 g/mol. The number of benzene rings is 3. The lowest BCUT2D eigenvalue weighted by Crippen LogP contribution is -2.01. The Labute approximate surface area is 195 Å². The summed E-state index contributed by atoms with van der Waals surface area (Å²) >= 11 is 1.49. The van der Waals surface area contributed by atoms with Crippen molar-refractivity contribution >= 4 is 11.8 Å². The van der Waals surface area contributed by atoms with Crippen molar-refractivity contribution in [3.05, 3.63) is 90.3 Å². The summed E-state index contributed by atoms with van der Waals surface area (Å²) in [6, 6.07) is 25.8. The molecule has 0 saturated carbocycles. The smallest absolute Gasteiger partial charge is 0.247 e. The zero-order valence-electron chi connectivity index (χ0n) is 18.2. The molecule has 3 aromatic carbocycles. The maximum Gasteiger partial charge on any atom is 0.247 e. The fraction of sp³-hybridized carbons (Fsp3) is 0.120. The van der Waals surface area contributed by atoms with Crippen molar-refractivity contribution in [3.8, 4) is 34.3 Å². The minimum Gasteiger partial charge on any atom is -0.496 e. The second-order valence-electron chi connectivity index (χ2n) is 7.33. The van der Waals surface area contributed by atoms with E-state index in [9.17, 15) is 0 Å². The third-order valence-electron chi connectivity index (χ3n) is 5.09. The minimum atomic E-state index is 0.468. The van der Waals surface area contributed by atoms with Gasteiger partial charge in [-0.05, 0) is 43.3 Å². The Morgan fingerprint density at radius 3 is 2.39 bits per heavy atom. The standard InChI is InChI=1S/C25H21N5O2S/c1-17-12-14-19(15-13-17)30-23(20-10-6-7-11-21(20)31-2)27-29-25(30)33-16-22-26-28-24(32-22)18-8-4-3-5-9-18/h3-15H,16H2,1-2H3. The van der Waals surface area contributed by atoms with Crippen molar-refractivity contribution in [2.75, 3.05) is 7.11 Å². The molecule has 0 fully saturated rings. The van der Waals surface area contributed by atoms with E-state index in [0.717, 1.165) is 27.7 Å². The number of ether oxygens (including phenoxy) is 1. The molecule has 33 heavy (non-hydrogen) atoms. The topological polar surface area (TPSA) is 78.9 Å². The quantitative estimate of drug-likeness (QED) is 0.296. The second kappa shape index (κ2) is 9.30. The highest BCUT2D eigenvalue weighted by molar-refractivity contribution is 7.98. The van der Waals surface area contributed by atoms with Crippen LogP contribution in [0, 0.1) is 6.92 Å². The van der Waals surface area contributed by atoms with Gasteiger partial charge in [0.2, 0.25) is 11.8 Å². The molecule has 7 nitrogen and oxygen atoms in total. The molecule has 0 radical (unpaired) electrons. The highest BCUT2D eigenvalue weighted by Gasteiger charge is 2.20. The number of hydrogen-bond donors (Lipinski definition) is 0. The van der Waals surface area contributed by atoms with Gasteiger partial charge in [-0.1, -0.05) is 59.8 Å². The molecule has 0 aliphatic heterocycles. The first kappa shape index (κ1) is 21.0. The van der Waals surface area contributed by atoms with Gasteiger partial charge in [0.25, 0.3) is 0 Å². The van der Waals surface area contributed by atoms with Crippen LogP contribution in [0.4, 0.5) is 0 Å². The summed E-state index contributed by atoms with van der Waals surface area (Å²) in [5, 5.41) is 18.1. The normalized spacial score (nSPS) is 11.0. The van der Waals surface area contributed by atoms with Gasteiger partial charge >= 0.3 is 0 Å². The van der Waals surface area contributed by atoms with Crippen LogP contribution in [0.2, 0.25) is 0 Å². The number of thioether (sulfide) groups is 1. The predicted molar refractivity (Wildman–Crippen MR) is 127 cm³/mol. The first-order chi connectivity index (χ1) is 16.2. The van der Waals surface area contributed by atoms with E-state index in [-0.39, 0.29) is 0 Å². The molecule has 0 spiro atoms. The Kier molecular flexibility index (Phi) is 5.91. The van der Waals surface area contributed by atoms with Crippen molar-refractivity contribution < 1.29 is 9.15 Å². The molecule has 0 aliphatic rings. The number of rotatable bonds is 7. The maximum atomic E-state index is 5.86. The summed E-state index contributed by atoms with van der Waals surface area (Å²) < 4.78 is 13.5. The Hall–Kier alpha value is -3.91. The number of nitrogens with zero attached hydrogens (tertiary/aromatic N) is 5. The molecule has 2 heterocycles. The average molecular weight is 456 g/mol. The zero-order valence-corrected chi connectivity index (χ0v) is 19.0. The van der Waals surface area contributed by atoms with Crippen LogP contribution in [0.5, 0.6) is 5.75 Å². The van der Waals surface area contributed by atoms with Gasteiger partial charge < -0.3 is 9.15 Å². The SMILES string of the molecule is COc1ccccc1-c1nnc(SCc2nnc(-c3ccccc3)o2)n1-c1ccc(C)cc1. The van der Waals surface area contributed by atoms with E-state index in [0.29, 0.717) is 23.4 Å². The van der Waals surface area contributed by atoms with E-state index in [1.54, 1.807) is 7.11 Å². The summed E-state index contributed by atoms with van der Waals surface area (Å²) in [5.74, 6) is 2.93. The van der Waals surface area contributed by atoms with Crippen LogP contribution in [0.25, 0.3) is 28.5 Å². The van der Waals surface area contributed by atoms with E-state index in [4.69, 9.17) is 9.15 Å². The van der Waals surface area contributed by atoms with Gasteiger partial charge in [0.05, 0.1) is 18.4 Å². The summed E-state index contributed by atoms with van der Waals surface area (Å²) in [7, 11) is 1.65. The van der Waals surface area contributed by atoms with Crippen molar-refractivity contribution in [2.45, 2.75) is 17.8 Å². The van der Waals surface area contributed by atoms with Gasteiger partial charge in [0, 0.05) is 11.3 Å². The van der Waals surface area contributed by atoms with Crippen LogP contribution in [0.1, 0.15) is 11.5 Å². The molecule has 0 N–H and O–H groups in total. The molecule has 5 rings (SSSR count). The van der Waals surface area contributed by atoms with E-state index in [1.807, 2.05) is 59.2 Å². The molecule has 2 aromatic heterocycles. The number of aromatic nitrogens is 5.